The number of aliphatic hydroxyl groups is 1. The molecule has 2 rings (SSSR count). The molecule has 3 nitrogen and oxygen atoms in total. The van der Waals surface area contributed by atoms with Crippen molar-refractivity contribution in [1.82, 2.24) is 5.32 Å². The zero-order valence-electron chi connectivity index (χ0n) is 11.7. The van der Waals surface area contributed by atoms with Crippen LogP contribution >= 0.6 is 12.4 Å². The number of benzene rings is 2. The highest BCUT2D eigenvalue weighted by atomic mass is 35.5. The fourth-order valence-electron chi connectivity index (χ4n) is 2.01. The summed E-state index contributed by atoms with van der Waals surface area (Å²) in [5.41, 5.74) is 0. The van der Waals surface area contributed by atoms with Crippen molar-refractivity contribution >= 4 is 23.2 Å². The van der Waals surface area contributed by atoms with Crippen molar-refractivity contribution in [3.63, 3.8) is 0 Å². The van der Waals surface area contributed by atoms with E-state index in [2.05, 4.69) is 24.4 Å². The molecule has 2 N–H and O–H groups in total. The molecular weight excluding hydrogens is 274 g/mol. The maximum absolute atomic E-state index is 9.82. The summed E-state index contributed by atoms with van der Waals surface area (Å²) < 4.78 is 5.72. The summed E-state index contributed by atoms with van der Waals surface area (Å²) in [4.78, 5) is 0. The van der Waals surface area contributed by atoms with Gasteiger partial charge < -0.3 is 15.2 Å². The van der Waals surface area contributed by atoms with Crippen LogP contribution in [0.3, 0.4) is 0 Å². The molecule has 20 heavy (non-hydrogen) atoms. The molecule has 0 aliphatic heterocycles. The van der Waals surface area contributed by atoms with E-state index in [1.165, 1.54) is 0 Å². The number of rotatable bonds is 7. The summed E-state index contributed by atoms with van der Waals surface area (Å²) in [5, 5.41) is 15.2. The van der Waals surface area contributed by atoms with Crippen LogP contribution in [0.15, 0.2) is 42.5 Å². The maximum Gasteiger partial charge on any atom is 0.127 e. The highest BCUT2D eigenvalue weighted by Crippen LogP contribution is 2.25. The monoisotopic (exact) mass is 295 g/mol. The van der Waals surface area contributed by atoms with Crippen molar-refractivity contribution < 1.29 is 9.84 Å². The second-order valence-electron chi connectivity index (χ2n) is 4.65. The van der Waals surface area contributed by atoms with Gasteiger partial charge in [0.1, 0.15) is 18.5 Å². The Morgan fingerprint density at radius 1 is 1.15 bits per heavy atom. The smallest absolute Gasteiger partial charge is 0.127 e. The average Bonchev–Trinajstić information content (AvgIpc) is 2.45. The third kappa shape index (κ3) is 4.67. The second-order valence-corrected chi connectivity index (χ2v) is 4.65. The van der Waals surface area contributed by atoms with E-state index in [1.807, 2.05) is 30.3 Å². The van der Waals surface area contributed by atoms with Crippen LogP contribution in [0.2, 0.25) is 0 Å². The van der Waals surface area contributed by atoms with Gasteiger partial charge in [-0.05, 0) is 24.4 Å². The number of aliphatic hydroxyl groups excluding tert-OH is 1. The fraction of sp³-hybridized carbons (Fsp3) is 0.375. The number of hydrogen-bond acceptors (Lipinski definition) is 3. The summed E-state index contributed by atoms with van der Waals surface area (Å²) in [6.45, 7) is 3.90. The molecular formula is C16H22ClNO2. The van der Waals surface area contributed by atoms with E-state index in [0.717, 1.165) is 29.5 Å². The summed E-state index contributed by atoms with van der Waals surface area (Å²) in [6.07, 6.45) is 0.585. The lowest BCUT2D eigenvalue weighted by Gasteiger charge is -2.14. The Hall–Kier alpha value is -1.29. The highest BCUT2D eigenvalue weighted by Gasteiger charge is 2.06. The first-order chi connectivity index (χ1) is 9.31. The van der Waals surface area contributed by atoms with Crippen molar-refractivity contribution in [3.05, 3.63) is 42.5 Å². The molecule has 4 heteroatoms. The van der Waals surface area contributed by atoms with Gasteiger partial charge in [-0.1, -0.05) is 43.3 Å². The number of hydrogen-bond donors (Lipinski definition) is 2. The summed E-state index contributed by atoms with van der Waals surface area (Å²) in [7, 11) is 0. The molecule has 0 saturated heterocycles. The van der Waals surface area contributed by atoms with E-state index in [9.17, 15) is 5.11 Å². The van der Waals surface area contributed by atoms with Crippen LogP contribution in [0.1, 0.15) is 13.3 Å². The topological polar surface area (TPSA) is 41.5 Å². The van der Waals surface area contributed by atoms with E-state index in [4.69, 9.17) is 4.74 Å². The Kier molecular flexibility index (Phi) is 7.37. The molecule has 2 aromatic rings. The van der Waals surface area contributed by atoms with Crippen molar-refractivity contribution in [2.24, 2.45) is 0 Å². The molecule has 2 aromatic carbocycles. The van der Waals surface area contributed by atoms with Gasteiger partial charge in [-0.25, -0.2) is 0 Å². The predicted octanol–water partition coefficient (Wildman–Crippen LogP) is 3.00. The van der Waals surface area contributed by atoms with Crippen LogP contribution < -0.4 is 10.1 Å². The first kappa shape index (κ1) is 16.8. The maximum atomic E-state index is 9.82. The molecule has 0 amide bonds. The molecule has 0 aliphatic carbocycles. The minimum atomic E-state index is -0.481. The molecule has 1 unspecified atom stereocenters. The summed E-state index contributed by atoms with van der Waals surface area (Å²) >= 11 is 0. The van der Waals surface area contributed by atoms with Gasteiger partial charge in [-0.3, -0.25) is 0 Å². The molecule has 0 bridgehead atoms. The lowest BCUT2D eigenvalue weighted by atomic mass is 10.1. The largest absolute Gasteiger partial charge is 0.490 e. The molecule has 0 fully saturated rings. The number of nitrogens with one attached hydrogen (secondary N) is 1. The number of fused-ring (bicyclic) bond motifs is 1. The zero-order chi connectivity index (χ0) is 13.5. The molecule has 0 radical (unpaired) electrons. The lowest BCUT2D eigenvalue weighted by molar-refractivity contribution is 0.107. The minimum absolute atomic E-state index is 0. The Balaban J connectivity index is 0.00000200. The first-order valence-electron chi connectivity index (χ1n) is 6.80. The zero-order valence-corrected chi connectivity index (χ0v) is 12.5. The average molecular weight is 296 g/mol. The molecule has 110 valence electrons. The Labute approximate surface area is 126 Å². The predicted molar refractivity (Wildman–Crippen MR) is 85.9 cm³/mol. The normalized spacial score (nSPS) is 11.9. The van der Waals surface area contributed by atoms with Gasteiger partial charge in [-0.2, -0.15) is 0 Å². The van der Waals surface area contributed by atoms with Gasteiger partial charge in [0.25, 0.3) is 0 Å². The van der Waals surface area contributed by atoms with Crippen LogP contribution in [0, 0.1) is 0 Å². The van der Waals surface area contributed by atoms with E-state index in [-0.39, 0.29) is 12.4 Å². The van der Waals surface area contributed by atoms with Gasteiger partial charge in [0.2, 0.25) is 0 Å². The van der Waals surface area contributed by atoms with E-state index >= 15 is 0 Å². The van der Waals surface area contributed by atoms with Gasteiger partial charge >= 0.3 is 0 Å². The van der Waals surface area contributed by atoms with Crippen LogP contribution in [0.5, 0.6) is 5.75 Å². The van der Waals surface area contributed by atoms with Crippen molar-refractivity contribution in [3.8, 4) is 5.75 Å². The minimum Gasteiger partial charge on any atom is -0.490 e. The molecule has 0 spiro atoms. The Morgan fingerprint density at radius 3 is 2.70 bits per heavy atom. The van der Waals surface area contributed by atoms with Gasteiger partial charge in [0.15, 0.2) is 0 Å². The Bertz CT molecular complexity index is 513. The van der Waals surface area contributed by atoms with Crippen molar-refractivity contribution in [1.29, 1.82) is 0 Å². The first-order valence-corrected chi connectivity index (χ1v) is 6.80. The quantitative estimate of drug-likeness (QED) is 0.772. The summed E-state index contributed by atoms with van der Waals surface area (Å²) in [5.74, 6) is 0.827. The van der Waals surface area contributed by atoms with Crippen LogP contribution in [-0.2, 0) is 0 Å². The van der Waals surface area contributed by atoms with Crippen LogP contribution in [0.4, 0.5) is 0 Å². The molecule has 0 aliphatic rings. The number of ether oxygens (including phenoxy) is 1. The summed E-state index contributed by atoms with van der Waals surface area (Å²) in [6, 6.07) is 14.1. The van der Waals surface area contributed by atoms with E-state index in [0.29, 0.717) is 13.2 Å². The molecule has 1 atom stereocenters. The fourth-order valence-corrected chi connectivity index (χ4v) is 2.01. The second kappa shape index (κ2) is 8.80. The third-order valence-electron chi connectivity index (χ3n) is 2.99. The van der Waals surface area contributed by atoms with E-state index in [1.54, 1.807) is 0 Å². The highest BCUT2D eigenvalue weighted by molar-refractivity contribution is 5.88. The van der Waals surface area contributed by atoms with Crippen LogP contribution in [-0.4, -0.2) is 30.9 Å². The number of halogens is 1. The van der Waals surface area contributed by atoms with E-state index < -0.39 is 6.10 Å². The SMILES string of the molecule is CCCNCC(O)COc1cccc2ccccc12.Cl. The van der Waals surface area contributed by atoms with Crippen LogP contribution in [0.25, 0.3) is 10.8 Å². The molecule has 0 heterocycles. The van der Waals surface area contributed by atoms with Gasteiger partial charge in [0, 0.05) is 11.9 Å². The molecule has 0 aromatic heterocycles. The third-order valence-corrected chi connectivity index (χ3v) is 2.99. The molecule has 0 saturated carbocycles. The van der Waals surface area contributed by atoms with Crippen molar-refractivity contribution in [2.45, 2.75) is 19.4 Å². The van der Waals surface area contributed by atoms with Crippen molar-refractivity contribution in [2.75, 3.05) is 19.7 Å². The standard InChI is InChI=1S/C16H21NO2.ClH/c1-2-10-17-11-14(18)12-19-16-9-5-7-13-6-3-4-8-15(13)16;/h3-9,14,17-18H,2,10-12H2,1H3;1H. The van der Waals surface area contributed by atoms with Gasteiger partial charge in [-0.15, -0.1) is 12.4 Å². The Morgan fingerprint density at radius 2 is 1.90 bits per heavy atom. The lowest BCUT2D eigenvalue weighted by Crippen LogP contribution is -2.31. The van der Waals surface area contributed by atoms with Gasteiger partial charge in [0.05, 0.1) is 0 Å².